The van der Waals surface area contributed by atoms with Gasteiger partial charge < -0.3 is 10.4 Å². The van der Waals surface area contributed by atoms with Crippen molar-refractivity contribution in [2.75, 3.05) is 18.4 Å². The van der Waals surface area contributed by atoms with Gasteiger partial charge >= 0.3 is 0 Å². The van der Waals surface area contributed by atoms with Gasteiger partial charge in [-0.25, -0.2) is 4.68 Å². The average molecular weight is 344 g/mol. The van der Waals surface area contributed by atoms with E-state index in [1.807, 2.05) is 30.9 Å². The second kappa shape index (κ2) is 8.78. The number of nitrogens with zero attached hydrogens (tertiary/aromatic N) is 3. The third kappa shape index (κ3) is 5.99. The van der Waals surface area contributed by atoms with Gasteiger partial charge in [0.25, 0.3) is 0 Å². The fraction of sp³-hybridized carbons (Fsp3) is 0.474. The zero-order chi connectivity index (χ0) is 18.4. The van der Waals surface area contributed by atoms with E-state index in [9.17, 15) is 9.90 Å². The highest BCUT2D eigenvalue weighted by molar-refractivity contribution is 5.91. The molecule has 0 fully saturated rings. The molecule has 1 unspecified atom stereocenters. The summed E-state index contributed by atoms with van der Waals surface area (Å²) in [6, 6.07) is 10.2. The number of nitrogens with one attached hydrogen (secondary N) is 1. The van der Waals surface area contributed by atoms with Gasteiger partial charge in [-0.15, -0.1) is 0 Å². The second-order valence-corrected chi connectivity index (χ2v) is 6.78. The van der Waals surface area contributed by atoms with E-state index in [-0.39, 0.29) is 18.5 Å². The molecule has 0 radical (unpaired) electrons. The highest BCUT2D eigenvalue weighted by atomic mass is 16.3. The monoisotopic (exact) mass is 344 g/mol. The van der Waals surface area contributed by atoms with E-state index in [2.05, 4.69) is 29.5 Å². The molecular weight excluding hydrogens is 316 g/mol. The number of anilines is 1. The Morgan fingerprint density at radius 1 is 1.32 bits per heavy atom. The molecule has 2 rings (SSSR count). The van der Waals surface area contributed by atoms with Crippen molar-refractivity contribution in [3.8, 4) is 0 Å². The first-order chi connectivity index (χ1) is 11.8. The lowest BCUT2D eigenvalue weighted by molar-refractivity contribution is -0.118. The summed E-state index contributed by atoms with van der Waals surface area (Å²) in [7, 11) is 0. The number of carbonyl (C=O) groups is 1. The Balaban J connectivity index is 2.01. The quantitative estimate of drug-likeness (QED) is 0.771. The van der Waals surface area contributed by atoms with Gasteiger partial charge in [-0.3, -0.25) is 9.69 Å². The molecule has 6 nitrogen and oxygen atoms in total. The number of hydrogen-bond donors (Lipinski definition) is 2. The molecule has 0 saturated heterocycles. The van der Waals surface area contributed by atoms with Gasteiger partial charge in [0.1, 0.15) is 5.82 Å². The Bertz CT molecular complexity index is 694. The van der Waals surface area contributed by atoms with Gasteiger partial charge in [0.15, 0.2) is 0 Å². The largest absolute Gasteiger partial charge is 0.392 e. The Kier molecular flexibility index (Phi) is 6.73. The molecular formula is C19H28N4O2. The van der Waals surface area contributed by atoms with E-state index in [1.54, 1.807) is 23.9 Å². The smallest absolute Gasteiger partial charge is 0.239 e. The normalized spacial score (nSPS) is 12.6. The molecule has 1 atom stereocenters. The molecule has 2 N–H and O–H groups in total. The van der Waals surface area contributed by atoms with E-state index < -0.39 is 6.10 Å². The van der Waals surface area contributed by atoms with Crippen LogP contribution in [0.5, 0.6) is 0 Å². The minimum absolute atomic E-state index is 0.111. The number of rotatable bonds is 8. The Hall–Kier alpha value is -2.18. The number of benzene rings is 1. The molecule has 0 saturated carbocycles. The van der Waals surface area contributed by atoms with Crippen LogP contribution in [0.3, 0.4) is 0 Å². The minimum atomic E-state index is -0.470. The molecule has 1 heterocycles. The lowest BCUT2D eigenvalue weighted by Crippen LogP contribution is -2.42. The van der Waals surface area contributed by atoms with Crippen molar-refractivity contribution < 1.29 is 9.90 Å². The standard InChI is InChI=1S/C19H28N4O2/c1-14(2)22(11-16(4)24)13-19(25)21-18-8-9-20-23(18)12-17-7-5-6-15(3)10-17/h5-10,14,16,24H,11-13H2,1-4H3,(H,21,25). The van der Waals surface area contributed by atoms with E-state index in [1.165, 1.54) is 5.56 Å². The first-order valence-corrected chi connectivity index (χ1v) is 8.64. The van der Waals surface area contributed by atoms with Gasteiger partial charge in [-0.2, -0.15) is 5.10 Å². The summed E-state index contributed by atoms with van der Waals surface area (Å²) >= 11 is 0. The highest BCUT2D eigenvalue weighted by Crippen LogP contribution is 2.12. The van der Waals surface area contributed by atoms with Crippen LogP contribution in [-0.2, 0) is 11.3 Å². The molecule has 0 aliphatic carbocycles. The van der Waals surface area contributed by atoms with Gasteiger partial charge in [-0.05, 0) is 33.3 Å². The number of aliphatic hydroxyl groups is 1. The molecule has 136 valence electrons. The van der Waals surface area contributed by atoms with Gasteiger partial charge in [0.05, 0.1) is 25.4 Å². The SMILES string of the molecule is Cc1cccc(Cn2nccc2NC(=O)CN(CC(C)O)C(C)C)c1. The number of aryl methyl sites for hydroxylation is 1. The van der Waals surface area contributed by atoms with Crippen LogP contribution in [0.2, 0.25) is 0 Å². The van der Waals surface area contributed by atoms with Crippen LogP contribution in [0.1, 0.15) is 31.9 Å². The van der Waals surface area contributed by atoms with Crippen LogP contribution in [0, 0.1) is 6.92 Å². The third-order valence-electron chi connectivity index (χ3n) is 3.97. The number of aromatic nitrogens is 2. The third-order valence-corrected chi connectivity index (χ3v) is 3.97. The summed E-state index contributed by atoms with van der Waals surface area (Å²) in [5, 5.41) is 16.8. The predicted octanol–water partition coefficient (Wildman–Crippen LogP) is 2.27. The highest BCUT2D eigenvalue weighted by Gasteiger charge is 2.17. The molecule has 1 aromatic heterocycles. The Morgan fingerprint density at radius 2 is 2.08 bits per heavy atom. The molecule has 6 heteroatoms. The second-order valence-electron chi connectivity index (χ2n) is 6.78. The summed E-state index contributed by atoms with van der Waals surface area (Å²) in [6.07, 6.45) is 1.21. The Labute approximate surface area is 149 Å². The topological polar surface area (TPSA) is 70.4 Å². The number of hydrogen-bond acceptors (Lipinski definition) is 4. The van der Waals surface area contributed by atoms with Crippen LogP contribution in [-0.4, -0.2) is 50.9 Å². The van der Waals surface area contributed by atoms with Crippen molar-refractivity contribution in [3.05, 3.63) is 47.7 Å². The lowest BCUT2D eigenvalue weighted by Gasteiger charge is -2.26. The number of carbonyl (C=O) groups excluding carboxylic acids is 1. The molecule has 0 aliphatic heterocycles. The van der Waals surface area contributed by atoms with Crippen molar-refractivity contribution in [2.24, 2.45) is 0 Å². The maximum Gasteiger partial charge on any atom is 0.239 e. The van der Waals surface area contributed by atoms with Gasteiger partial charge in [-0.1, -0.05) is 29.8 Å². The van der Waals surface area contributed by atoms with Gasteiger partial charge in [0, 0.05) is 18.7 Å². The summed E-state index contributed by atoms with van der Waals surface area (Å²) in [4.78, 5) is 14.3. The fourth-order valence-electron chi connectivity index (χ4n) is 2.71. The molecule has 1 amide bonds. The number of amides is 1. The van der Waals surface area contributed by atoms with Crippen molar-refractivity contribution in [1.82, 2.24) is 14.7 Å². The summed E-state index contributed by atoms with van der Waals surface area (Å²) in [5.41, 5.74) is 2.33. The van der Waals surface area contributed by atoms with Crippen molar-refractivity contribution >= 4 is 11.7 Å². The van der Waals surface area contributed by atoms with Crippen molar-refractivity contribution in [1.29, 1.82) is 0 Å². The minimum Gasteiger partial charge on any atom is -0.392 e. The van der Waals surface area contributed by atoms with Crippen molar-refractivity contribution in [3.63, 3.8) is 0 Å². The molecule has 0 bridgehead atoms. The number of aliphatic hydroxyl groups excluding tert-OH is 1. The van der Waals surface area contributed by atoms with Crippen LogP contribution >= 0.6 is 0 Å². The summed E-state index contributed by atoms with van der Waals surface area (Å²) in [6.45, 7) is 9.11. The van der Waals surface area contributed by atoms with E-state index in [4.69, 9.17) is 0 Å². The van der Waals surface area contributed by atoms with Gasteiger partial charge in [0.2, 0.25) is 5.91 Å². The fourth-order valence-corrected chi connectivity index (χ4v) is 2.71. The van der Waals surface area contributed by atoms with E-state index >= 15 is 0 Å². The van der Waals surface area contributed by atoms with Crippen LogP contribution < -0.4 is 5.32 Å². The summed E-state index contributed by atoms with van der Waals surface area (Å²) < 4.78 is 1.78. The maximum absolute atomic E-state index is 12.4. The molecule has 2 aromatic rings. The first kappa shape index (κ1) is 19.1. The first-order valence-electron chi connectivity index (χ1n) is 8.64. The van der Waals surface area contributed by atoms with Crippen LogP contribution in [0.25, 0.3) is 0 Å². The lowest BCUT2D eigenvalue weighted by atomic mass is 10.1. The zero-order valence-corrected chi connectivity index (χ0v) is 15.4. The Morgan fingerprint density at radius 3 is 2.72 bits per heavy atom. The molecule has 0 spiro atoms. The predicted molar refractivity (Wildman–Crippen MR) is 99.5 cm³/mol. The maximum atomic E-state index is 12.4. The summed E-state index contributed by atoms with van der Waals surface area (Å²) in [5.74, 6) is 0.563. The zero-order valence-electron chi connectivity index (χ0n) is 15.4. The average Bonchev–Trinajstić information content (AvgIpc) is 2.93. The van der Waals surface area contributed by atoms with Crippen LogP contribution in [0.4, 0.5) is 5.82 Å². The van der Waals surface area contributed by atoms with E-state index in [0.717, 1.165) is 5.56 Å². The van der Waals surface area contributed by atoms with E-state index in [0.29, 0.717) is 18.9 Å². The molecule has 25 heavy (non-hydrogen) atoms. The molecule has 1 aromatic carbocycles. The molecule has 0 aliphatic rings. The van der Waals surface area contributed by atoms with Crippen LogP contribution in [0.15, 0.2) is 36.5 Å². The van der Waals surface area contributed by atoms with Crippen molar-refractivity contribution in [2.45, 2.75) is 46.4 Å².